The number of fused-ring (bicyclic) bond motifs is 6. The van der Waals surface area contributed by atoms with Crippen LogP contribution in [-0.4, -0.2) is 24.5 Å². The number of hydrogen-bond acceptors (Lipinski definition) is 5. The first-order valence-corrected chi connectivity index (χ1v) is 18.6. The van der Waals surface area contributed by atoms with E-state index in [4.69, 9.17) is 19.4 Å². The smallest absolute Gasteiger partial charge is 0.164 e. The maximum atomic E-state index is 6.30. The van der Waals surface area contributed by atoms with E-state index < -0.39 is 0 Å². The van der Waals surface area contributed by atoms with Gasteiger partial charge in [0.15, 0.2) is 17.5 Å². The fourth-order valence-corrected chi connectivity index (χ4v) is 7.94. The predicted octanol–water partition coefficient (Wildman–Crippen LogP) is 12.6. The molecule has 0 aliphatic heterocycles. The Kier molecular flexibility index (Phi) is 7.38. The first-order chi connectivity index (χ1) is 27.7. The molecule has 0 radical (unpaired) electrons. The molecular formula is C50H31N5O. The fourth-order valence-electron chi connectivity index (χ4n) is 7.94. The van der Waals surface area contributed by atoms with Gasteiger partial charge in [0, 0.05) is 56.3 Å². The van der Waals surface area contributed by atoms with Crippen molar-refractivity contribution in [3.8, 4) is 62.1 Å². The molecule has 262 valence electrons. The van der Waals surface area contributed by atoms with Gasteiger partial charge >= 0.3 is 0 Å². The summed E-state index contributed by atoms with van der Waals surface area (Å²) in [7, 11) is 0. The van der Waals surface area contributed by atoms with E-state index in [2.05, 4.69) is 113 Å². The maximum absolute atomic E-state index is 6.30. The van der Waals surface area contributed by atoms with Crippen molar-refractivity contribution >= 4 is 43.7 Å². The maximum Gasteiger partial charge on any atom is 0.164 e. The van der Waals surface area contributed by atoms with Gasteiger partial charge in [-0.1, -0.05) is 121 Å². The van der Waals surface area contributed by atoms with Crippen LogP contribution in [0.3, 0.4) is 0 Å². The van der Waals surface area contributed by atoms with Gasteiger partial charge in [-0.3, -0.25) is 4.98 Å². The Morgan fingerprint density at radius 1 is 0.375 bits per heavy atom. The molecule has 11 rings (SSSR count). The van der Waals surface area contributed by atoms with E-state index in [1.165, 1.54) is 10.8 Å². The van der Waals surface area contributed by atoms with Crippen molar-refractivity contribution in [2.75, 3.05) is 0 Å². The van der Waals surface area contributed by atoms with Crippen LogP contribution in [0.4, 0.5) is 0 Å². The Hall–Kier alpha value is -7.70. The Morgan fingerprint density at radius 3 is 1.66 bits per heavy atom. The van der Waals surface area contributed by atoms with Crippen LogP contribution >= 0.6 is 0 Å². The van der Waals surface area contributed by atoms with Crippen LogP contribution in [0.15, 0.2) is 193 Å². The van der Waals surface area contributed by atoms with Crippen molar-refractivity contribution in [3.63, 3.8) is 0 Å². The molecule has 0 unspecified atom stereocenters. The average molecular weight is 718 g/mol. The molecular weight excluding hydrogens is 687 g/mol. The summed E-state index contributed by atoms with van der Waals surface area (Å²) in [5.41, 5.74) is 11.9. The number of pyridine rings is 1. The summed E-state index contributed by atoms with van der Waals surface area (Å²) in [5.74, 6) is 1.76. The van der Waals surface area contributed by atoms with Gasteiger partial charge in [-0.15, -0.1) is 0 Å². The van der Waals surface area contributed by atoms with E-state index in [1.54, 1.807) is 0 Å². The molecule has 0 bridgehead atoms. The van der Waals surface area contributed by atoms with E-state index in [9.17, 15) is 0 Å². The van der Waals surface area contributed by atoms with Gasteiger partial charge in [0.2, 0.25) is 0 Å². The van der Waals surface area contributed by atoms with E-state index >= 15 is 0 Å². The SMILES string of the molecule is c1ccc(-c2nc(-c3cc(-c4ccc(-c5ccncc5)cc4)cc(-n4c5ccccc5c5ccccc54)c3)nc(-c3cccc4oc5ccccc5c34)n2)cc1. The van der Waals surface area contributed by atoms with Crippen LogP contribution in [0.25, 0.3) is 106 Å². The summed E-state index contributed by atoms with van der Waals surface area (Å²) < 4.78 is 8.64. The Morgan fingerprint density at radius 2 is 0.929 bits per heavy atom. The highest BCUT2D eigenvalue weighted by Crippen LogP contribution is 2.39. The molecule has 11 aromatic rings. The molecule has 0 aliphatic carbocycles. The van der Waals surface area contributed by atoms with Crippen LogP contribution in [0, 0.1) is 0 Å². The summed E-state index contributed by atoms with van der Waals surface area (Å²) in [6.07, 6.45) is 3.65. The Balaban J connectivity index is 1.17. The average Bonchev–Trinajstić information content (AvgIpc) is 3.83. The fraction of sp³-hybridized carbons (Fsp3) is 0. The molecule has 4 heterocycles. The van der Waals surface area contributed by atoms with Gasteiger partial charge in [0.25, 0.3) is 0 Å². The van der Waals surface area contributed by atoms with Gasteiger partial charge in [0.05, 0.1) is 11.0 Å². The highest BCUT2D eigenvalue weighted by atomic mass is 16.3. The van der Waals surface area contributed by atoms with E-state index in [0.29, 0.717) is 17.5 Å². The lowest BCUT2D eigenvalue weighted by Gasteiger charge is -2.15. The van der Waals surface area contributed by atoms with E-state index in [1.807, 2.05) is 85.2 Å². The first kappa shape index (κ1) is 31.8. The molecule has 0 saturated carbocycles. The van der Waals surface area contributed by atoms with Crippen molar-refractivity contribution in [1.29, 1.82) is 0 Å². The molecule has 0 atom stereocenters. The van der Waals surface area contributed by atoms with Crippen LogP contribution < -0.4 is 0 Å². The minimum absolute atomic E-state index is 0.580. The molecule has 0 saturated heterocycles. The van der Waals surface area contributed by atoms with E-state index in [0.717, 1.165) is 77.6 Å². The molecule has 0 fully saturated rings. The highest BCUT2D eigenvalue weighted by Gasteiger charge is 2.20. The number of furan rings is 1. The summed E-state index contributed by atoms with van der Waals surface area (Å²) in [5, 5.41) is 4.40. The number of benzene rings is 7. The molecule has 6 heteroatoms. The molecule has 7 aromatic carbocycles. The number of aromatic nitrogens is 5. The predicted molar refractivity (Wildman–Crippen MR) is 226 cm³/mol. The highest BCUT2D eigenvalue weighted by molar-refractivity contribution is 6.12. The second-order valence-electron chi connectivity index (χ2n) is 13.9. The third-order valence-corrected chi connectivity index (χ3v) is 10.6. The normalized spacial score (nSPS) is 11.6. The summed E-state index contributed by atoms with van der Waals surface area (Å²) in [6.45, 7) is 0. The molecule has 56 heavy (non-hydrogen) atoms. The third kappa shape index (κ3) is 5.35. The number of para-hydroxylation sites is 3. The van der Waals surface area contributed by atoms with Crippen molar-refractivity contribution in [1.82, 2.24) is 24.5 Å². The van der Waals surface area contributed by atoms with Gasteiger partial charge in [-0.2, -0.15) is 0 Å². The van der Waals surface area contributed by atoms with Crippen LogP contribution in [-0.2, 0) is 0 Å². The zero-order valence-corrected chi connectivity index (χ0v) is 30.0. The quantitative estimate of drug-likeness (QED) is 0.171. The molecule has 4 aromatic heterocycles. The minimum atomic E-state index is 0.580. The largest absolute Gasteiger partial charge is 0.456 e. The van der Waals surface area contributed by atoms with Gasteiger partial charge in [0.1, 0.15) is 11.2 Å². The monoisotopic (exact) mass is 717 g/mol. The second-order valence-corrected chi connectivity index (χ2v) is 13.9. The summed E-state index contributed by atoms with van der Waals surface area (Å²) in [4.78, 5) is 19.8. The Labute approximate surface area is 322 Å². The van der Waals surface area contributed by atoms with Gasteiger partial charge in [-0.05, 0) is 76.9 Å². The van der Waals surface area contributed by atoms with Crippen molar-refractivity contribution in [2.45, 2.75) is 0 Å². The van der Waals surface area contributed by atoms with Gasteiger partial charge in [-0.25, -0.2) is 15.0 Å². The zero-order chi connectivity index (χ0) is 37.0. The molecule has 6 nitrogen and oxygen atoms in total. The summed E-state index contributed by atoms with van der Waals surface area (Å²) >= 11 is 0. The van der Waals surface area contributed by atoms with Crippen LogP contribution in [0.1, 0.15) is 0 Å². The van der Waals surface area contributed by atoms with Crippen LogP contribution in [0.2, 0.25) is 0 Å². The van der Waals surface area contributed by atoms with Crippen LogP contribution in [0.5, 0.6) is 0 Å². The number of rotatable bonds is 6. The topological polar surface area (TPSA) is 69.6 Å². The lowest BCUT2D eigenvalue weighted by atomic mass is 9.98. The van der Waals surface area contributed by atoms with E-state index in [-0.39, 0.29) is 0 Å². The van der Waals surface area contributed by atoms with Gasteiger partial charge < -0.3 is 8.98 Å². The molecule has 0 N–H and O–H groups in total. The zero-order valence-electron chi connectivity index (χ0n) is 30.0. The molecule has 0 spiro atoms. The standard InChI is InChI=1S/C50H31N5O/c1-2-11-35(12-3-1)48-52-49(54-50(53-48)42-16-10-20-46-47(42)41-15-6-9-19-45(41)56-46)37-29-36(33-23-21-32(22-24-33)34-25-27-51-28-26-34)30-38(31-37)55-43-17-7-4-13-39(43)40-14-5-8-18-44(40)55/h1-31H. The van der Waals surface area contributed by atoms with Crippen molar-refractivity contribution in [2.24, 2.45) is 0 Å². The lowest BCUT2D eigenvalue weighted by Crippen LogP contribution is -2.02. The Bertz CT molecular complexity index is 3190. The minimum Gasteiger partial charge on any atom is -0.456 e. The number of hydrogen-bond donors (Lipinski definition) is 0. The summed E-state index contributed by atoms with van der Waals surface area (Å²) in [6, 6.07) is 60.9. The second kappa shape index (κ2) is 13.0. The molecule has 0 aliphatic rings. The molecule has 0 amide bonds. The lowest BCUT2D eigenvalue weighted by molar-refractivity contribution is 0.669. The first-order valence-electron chi connectivity index (χ1n) is 18.6. The van der Waals surface area contributed by atoms with Crippen molar-refractivity contribution < 1.29 is 4.42 Å². The van der Waals surface area contributed by atoms with Crippen molar-refractivity contribution in [3.05, 3.63) is 188 Å². The number of nitrogens with zero attached hydrogens (tertiary/aromatic N) is 5. The third-order valence-electron chi connectivity index (χ3n) is 10.6.